The van der Waals surface area contributed by atoms with Crippen LogP contribution < -0.4 is 0 Å². The van der Waals surface area contributed by atoms with Crippen LogP contribution in [0, 0.1) is 0 Å². The fourth-order valence-electron chi connectivity index (χ4n) is 2.16. The van der Waals surface area contributed by atoms with Crippen LogP contribution in [0.15, 0.2) is 0 Å². The summed E-state index contributed by atoms with van der Waals surface area (Å²) in [4.78, 5) is 24.8. The first-order valence-electron chi connectivity index (χ1n) is 5.42. The highest BCUT2D eigenvalue weighted by Gasteiger charge is 2.32. The fraction of sp³-hybridized carbons (Fsp3) is 0.818. The number of likely N-dealkylation sites (tertiary alicyclic amines) is 1. The van der Waals surface area contributed by atoms with Gasteiger partial charge >= 0.3 is 5.97 Å². The molecular formula is C11H19NO3. The molecule has 86 valence electrons. The van der Waals surface area contributed by atoms with E-state index < -0.39 is 0 Å². The van der Waals surface area contributed by atoms with Gasteiger partial charge in [-0.1, -0.05) is 6.42 Å². The number of carbonyl (C=O) groups is 2. The molecule has 1 saturated heterocycles. The zero-order valence-electron chi connectivity index (χ0n) is 9.66. The number of piperidine rings is 1. The summed E-state index contributed by atoms with van der Waals surface area (Å²) in [6, 6.07) is -0.419. The third-order valence-corrected chi connectivity index (χ3v) is 3.05. The summed E-state index contributed by atoms with van der Waals surface area (Å²) < 4.78 is 4.70. The molecule has 0 bridgehead atoms. The minimum atomic E-state index is -0.316. The molecule has 2 atom stereocenters. The van der Waals surface area contributed by atoms with Crippen molar-refractivity contribution in [2.75, 3.05) is 13.7 Å². The van der Waals surface area contributed by atoms with Crippen molar-refractivity contribution < 1.29 is 14.3 Å². The van der Waals surface area contributed by atoms with E-state index >= 15 is 0 Å². The third-order valence-electron chi connectivity index (χ3n) is 3.05. The van der Waals surface area contributed by atoms with Crippen molar-refractivity contribution in [1.82, 2.24) is 4.90 Å². The van der Waals surface area contributed by atoms with Gasteiger partial charge in [-0.25, -0.2) is 0 Å². The number of rotatable bonds is 3. The molecule has 0 radical (unpaired) electrons. The van der Waals surface area contributed by atoms with Gasteiger partial charge in [0.25, 0.3) is 0 Å². The monoisotopic (exact) mass is 213 g/mol. The van der Waals surface area contributed by atoms with Crippen LogP contribution in [0.1, 0.15) is 33.1 Å². The van der Waals surface area contributed by atoms with Crippen LogP contribution in [0.25, 0.3) is 0 Å². The van der Waals surface area contributed by atoms with Crippen LogP contribution in [-0.4, -0.2) is 42.4 Å². The lowest BCUT2D eigenvalue weighted by Crippen LogP contribution is -2.51. The molecule has 1 rings (SSSR count). The van der Waals surface area contributed by atoms with E-state index in [1.165, 1.54) is 7.11 Å². The van der Waals surface area contributed by atoms with Crippen molar-refractivity contribution in [2.45, 2.75) is 45.2 Å². The molecule has 0 aromatic carbocycles. The third kappa shape index (κ3) is 2.78. The van der Waals surface area contributed by atoms with Gasteiger partial charge in [0, 0.05) is 0 Å². The van der Waals surface area contributed by atoms with Crippen molar-refractivity contribution in [2.24, 2.45) is 0 Å². The Bertz CT molecular complexity index is 252. The molecular weight excluding hydrogens is 194 g/mol. The van der Waals surface area contributed by atoms with E-state index in [1.54, 1.807) is 13.8 Å². The average molecular weight is 213 g/mol. The van der Waals surface area contributed by atoms with E-state index in [-0.39, 0.29) is 23.8 Å². The van der Waals surface area contributed by atoms with E-state index in [0.29, 0.717) is 0 Å². The van der Waals surface area contributed by atoms with Gasteiger partial charge in [-0.2, -0.15) is 0 Å². The SMILES string of the molecule is COC(=O)C(C)N1CCCCC1C(C)=O. The Labute approximate surface area is 90.6 Å². The second-order valence-corrected chi connectivity index (χ2v) is 4.06. The number of ketones is 1. The predicted molar refractivity (Wildman–Crippen MR) is 56.5 cm³/mol. The summed E-state index contributed by atoms with van der Waals surface area (Å²) in [5.41, 5.74) is 0. The molecule has 0 amide bonds. The molecule has 4 nitrogen and oxygen atoms in total. The zero-order chi connectivity index (χ0) is 11.4. The standard InChI is InChI=1S/C11H19NO3/c1-8(11(14)15-3)12-7-5-4-6-10(12)9(2)13/h8,10H,4-7H2,1-3H3. The van der Waals surface area contributed by atoms with Crippen LogP contribution in [0.5, 0.6) is 0 Å². The van der Waals surface area contributed by atoms with E-state index in [2.05, 4.69) is 0 Å². The van der Waals surface area contributed by atoms with Crippen LogP contribution >= 0.6 is 0 Å². The Balaban J connectivity index is 2.71. The van der Waals surface area contributed by atoms with Crippen molar-refractivity contribution in [3.8, 4) is 0 Å². The maximum absolute atomic E-state index is 11.4. The van der Waals surface area contributed by atoms with Crippen molar-refractivity contribution in [3.63, 3.8) is 0 Å². The van der Waals surface area contributed by atoms with Gasteiger partial charge < -0.3 is 4.74 Å². The molecule has 4 heteroatoms. The molecule has 1 fully saturated rings. The summed E-state index contributed by atoms with van der Waals surface area (Å²) in [5, 5.41) is 0. The highest BCUT2D eigenvalue weighted by atomic mass is 16.5. The highest BCUT2D eigenvalue weighted by molar-refractivity contribution is 5.83. The number of hydrogen-bond donors (Lipinski definition) is 0. The molecule has 0 aromatic heterocycles. The Morgan fingerprint density at radius 1 is 1.40 bits per heavy atom. The predicted octanol–water partition coefficient (Wildman–Crippen LogP) is 0.991. The topological polar surface area (TPSA) is 46.6 Å². The second kappa shape index (κ2) is 5.26. The normalized spacial score (nSPS) is 24.6. The molecule has 0 aromatic rings. The number of Topliss-reactive ketones (excluding diaryl/α,β-unsaturated/α-hetero) is 1. The Kier molecular flexibility index (Phi) is 4.27. The van der Waals surface area contributed by atoms with Gasteiger partial charge in [-0.15, -0.1) is 0 Å². The van der Waals surface area contributed by atoms with E-state index in [0.717, 1.165) is 25.8 Å². The molecule has 1 heterocycles. The highest BCUT2D eigenvalue weighted by Crippen LogP contribution is 2.20. The number of hydrogen-bond acceptors (Lipinski definition) is 4. The first-order chi connectivity index (χ1) is 7.07. The minimum Gasteiger partial charge on any atom is -0.468 e. The smallest absolute Gasteiger partial charge is 0.322 e. The van der Waals surface area contributed by atoms with Crippen LogP contribution in [0.4, 0.5) is 0 Å². The lowest BCUT2D eigenvalue weighted by molar-refractivity contribution is -0.148. The first-order valence-corrected chi connectivity index (χ1v) is 5.42. The minimum absolute atomic E-state index is 0.104. The van der Waals surface area contributed by atoms with Gasteiger partial charge in [-0.3, -0.25) is 14.5 Å². The van der Waals surface area contributed by atoms with Crippen LogP contribution in [0.3, 0.4) is 0 Å². The molecule has 2 unspecified atom stereocenters. The Hall–Kier alpha value is -0.900. The average Bonchev–Trinajstić information content (AvgIpc) is 2.27. The first kappa shape index (κ1) is 12.2. The van der Waals surface area contributed by atoms with Gasteiger partial charge in [0.15, 0.2) is 0 Å². The summed E-state index contributed by atoms with van der Waals surface area (Å²) >= 11 is 0. The van der Waals surface area contributed by atoms with Gasteiger partial charge in [-0.05, 0) is 33.2 Å². The molecule has 15 heavy (non-hydrogen) atoms. The zero-order valence-corrected chi connectivity index (χ0v) is 9.66. The summed E-state index contributed by atoms with van der Waals surface area (Å²) in [6.45, 7) is 4.20. The summed E-state index contributed by atoms with van der Waals surface area (Å²) in [5.74, 6) is -0.117. The summed E-state index contributed by atoms with van der Waals surface area (Å²) in [7, 11) is 1.38. The largest absolute Gasteiger partial charge is 0.468 e. The molecule has 1 aliphatic rings. The Morgan fingerprint density at radius 3 is 2.60 bits per heavy atom. The van der Waals surface area contributed by atoms with Crippen LogP contribution in [-0.2, 0) is 14.3 Å². The van der Waals surface area contributed by atoms with E-state index in [4.69, 9.17) is 4.74 Å². The van der Waals surface area contributed by atoms with E-state index in [9.17, 15) is 9.59 Å². The maximum atomic E-state index is 11.4. The maximum Gasteiger partial charge on any atom is 0.322 e. The number of ether oxygens (including phenoxy) is 1. The number of nitrogens with zero attached hydrogens (tertiary/aromatic N) is 1. The molecule has 0 aliphatic carbocycles. The van der Waals surface area contributed by atoms with Gasteiger partial charge in [0.1, 0.15) is 11.8 Å². The molecule has 0 spiro atoms. The van der Waals surface area contributed by atoms with Crippen molar-refractivity contribution in [1.29, 1.82) is 0 Å². The van der Waals surface area contributed by atoms with Crippen molar-refractivity contribution >= 4 is 11.8 Å². The number of esters is 1. The van der Waals surface area contributed by atoms with Gasteiger partial charge in [0.2, 0.25) is 0 Å². The fourth-order valence-corrected chi connectivity index (χ4v) is 2.16. The molecule has 1 aliphatic heterocycles. The molecule has 0 N–H and O–H groups in total. The number of methoxy groups -OCH3 is 1. The Morgan fingerprint density at radius 2 is 2.07 bits per heavy atom. The van der Waals surface area contributed by atoms with E-state index in [1.807, 2.05) is 4.90 Å². The summed E-state index contributed by atoms with van der Waals surface area (Å²) in [6.07, 6.45) is 2.97. The van der Waals surface area contributed by atoms with Crippen molar-refractivity contribution in [3.05, 3.63) is 0 Å². The number of carbonyl (C=O) groups excluding carboxylic acids is 2. The second-order valence-electron chi connectivity index (χ2n) is 4.06. The quantitative estimate of drug-likeness (QED) is 0.656. The lowest BCUT2D eigenvalue weighted by atomic mass is 9.97. The van der Waals surface area contributed by atoms with Crippen LogP contribution in [0.2, 0.25) is 0 Å². The van der Waals surface area contributed by atoms with Gasteiger partial charge in [0.05, 0.1) is 13.2 Å². The molecule has 0 saturated carbocycles. The lowest BCUT2D eigenvalue weighted by Gasteiger charge is -2.37.